The monoisotopic (exact) mass is 326 g/mol. The lowest BCUT2D eigenvalue weighted by Gasteiger charge is -2.27. The average Bonchev–Trinajstić information content (AvgIpc) is 2.60. The summed E-state index contributed by atoms with van der Waals surface area (Å²) >= 11 is 0. The Kier molecular flexibility index (Phi) is 5.62. The molecule has 2 rings (SSSR count). The van der Waals surface area contributed by atoms with Crippen molar-refractivity contribution in [2.24, 2.45) is 4.99 Å². The Morgan fingerprint density at radius 3 is 2.50 bits per heavy atom. The zero-order valence-electron chi connectivity index (χ0n) is 15.1. The molecule has 0 spiro atoms. The predicted molar refractivity (Wildman–Crippen MR) is 99.3 cm³/mol. The van der Waals surface area contributed by atoms with Gasteiger partial charge in [0.1, 0.15) is 11.4 Å². The van der Waals surface area contributed by atoms with Gasteiger partial charge in [0.15, 0.2) is 0 Å². The van der Waals surface area contributed by atoms with E-state index in [4.69, 9.17) is 4.74 Å². The highest BCUT2D eigenvalue weighted by Crippen LogP contribution is 2.39. The van der Waals surface area contributed by atoms with Gasteiger partial charge in [0, 0.05) is 25.2 Å². The van der Waals surface area contributed by atoms with Crippen LogP contribution in [0.5, 0.6) is 5.75 Å². The standard InChI is InChI=1S/C20H26N2O2/c1-6-22(4)14-21-18-13-19(24-5)17(12-15(18)2)20(3,23)16-10-8-7-9-11-16/h7-14,23H,6H2,1-5H3. The second-order valence-corrected chi connectivity index (χ2v) is 6.10. The molecule has 1 atom stereocenters. The van der Waals surface area contributed by atoms with Crippen LogP contribution < -0.4 is 4.74 Å². The average molecular weight is 326 g/mol. The summed E-state index contributed by atoms with van der Waals surface area (Å²) < 4.78 is 5.53. The second kappa shape index (κ2) is 7.49. The fourth-order valence-corrected chi connectivity index (χ4v) is 2.53. The molecule has 0 saturated heterocycles. The van der Waals surface area contributed by atoms with Gasteiger partial charge in [-0.1, -0.05) is 30.3 Å². The highest BCUT2D eigenvalue weighted by molar-refractivity contribution is 5.65. The van der Waals surface area contributed by atoms with Crippen LogP contribution in [0.2, 0.25) is 0 Å². The van der Waals surface area contributed by atoms with Crippen molar-refractivity contribution in [3.05, 3.63) is 59.2 Å². The Labute approximate surface area is 144 Å². The molecule has 0 heterocycles. The van der Waals surface area contributed by atoms with Crippen molar-refractivity contribution in [2.45, 2.75) is 26.4 Å². The normalized spacial score (nSPS) is 13.8. The number of aryl methyl sites for hydroxylation is 1. The van der Waals surface area contributed by atoms with Gasteiger partial charge in [-0.05, 0) is 38.0 Å². The van der Waals surface area contributed by atoms with Crippen LogP contribution in [0.3, 0.4) is 0 Å². The fraction of sp³-hybridized carbons (Fsp3) is 0.350. The Hall–Kier alpha value is -2.33. The Morgan fingerprint density at radius 1 is 1.25 bits per heavy atom. The summed E-state index contributed by atoms with van der Waals surface area (Å²) in [6, 6.07) is 13.4. The molecule has 2 aromatic rings. The molecule has 2 aromatic carbocycles. The van der Waals surface area contributed by atoms with Crippen molar-refractivity contribution in [3.63, 3.8) is 0 Å². The number of nitrogens with zero attached hydrogens (tertiary/aromatic N) is 2. The van der Waals surface area contributed by atoms with Crippen LogP contribution in [0, 0.1) is 6.92 Å². The number of benzene rings is 2. The van der Waals surface area contributed by atoms with Gasteiger partial charge in [0.05, 0.1) is 19.1 Å². The van der Waals surface area contributed by atoms with E-state index >= 15 is 0 Å². The van der Waals surface area contributed by atoms with Crippen LogP contribution >= 0.6 is 0 Å². The summed E-state index contributed by atoms with van der Waals surface area (Å²) in [5.41, 5.74) is 2.24. The highest BCUT2D eigenvalue weighted by Gasteiger charge is 2.29. The fourth-order valence-electron chi connectivity index (χ4n) is 2.53. The van der Waals surface area contributed by atoms with Crippen molar-refractivity contribution >= 4 is 12.0 Å². The van der Waals surface area contributed by atoms with Crippen molar-refractivity contribution in [3.8, 4) is 5.75 Å². The third-order valence-electron chi connectivity index (χ3n) is 4.27. The van der Waals surface area contributed by atoms with E-state index in [0.717, 1.165) is 28.9 Å². The van der Waals surface area contributed by atoms with Crippen LogP contribution in [0.4, 0.5) is 5.69 Å². The first-order valence-corrected chi connectivity index (χ1v) is 8.11. The zero-order chi connectivity index (χ0) is 17.7. The minimum Gasteiger partial charge on any atom is -0.496 e. The molecular formula is C20H26N2O2. The number of aliphatic imine (C=N–C) groups is 1. The van der Waals surface area contributed by atoms with E-state index in [0.29, 0.717) is 5.75 Å². The number of hydrogen-bond donors (Lipinski definition) is 1. The van der Waals surface area contributed by atoms with Gasteiger partial charge < -0.3 is 14.7 Å². The molecule has 128 valence electrons. The molecule has 4 heteroatoms. The molecule has 0 aliphatic carbocycles. The molecule has 0 saturated carbocycles. The number of rotatable bonds is 6. The number of methoxy groups -OCH3 is 1. The minimum absolute atomic E-state index is 0.626. The van der Waals surface area contributed by atoms with E-state index in [1.807, 2.05) is 61.3 Å². The predicted octanol–water partition coefficient (Wildman–Crippen LogP) is 3.87. The first kappa shape index (κ1) is 18.0. The van der Waals surface area contributed by atoms with Gasteiger partial charge in [0.25, 0.3) is 0 Å². The van der Waals surface area contributed by atoms with E-state index in [9.17, 15) is 5.11 Å². The quantitative estimate of drug-likeness (QED) is 0.647. The molecule has 0 bridgehead atoms. The molecule has 0 aliphatic heterocycles. The highest BCUT2D eigenvalue weighted by atomic mass is 16.5. The second-order valence-electron chi connectivity index (χ2n) is 6.10. The molecular weight excluding hydrogens is 300 g/mol. The van der Waals surface area contributed by atoms with Gasteiger partial charge >= 0.3 is 0 Å². The van der Waals surface area contributed by atoms with Gasteiger partial charge in [0.2, 0.25) is 0 Å². The molecule has 0 radical (unpaired) electrons. The summed E-state index contributed by atoms with van der Waals surface area (Å²) in [6.07, 6.45) is 1.80. The van der Waals surface area contributed by atoms with Crippen molar-refractivity contribution < 1.29 is 9.84 Å². The third-order valence-corrected chi connectivity index (χ3v) is 4.27. The summed E-state index contributed by atoms with van der Waals surface area (Å²) in [5.74, 6) is 0.626. The number of ether oxygens (including phenoxy) is 1. The lowest BCUT2D eigenvalue weighted by molar-refractivity contribution is 0.0989. The van der Waals surface area contributed by atoms with E-state index < -0.39 is 5.60 Å². The Bertz CT molecular complexity index is 709. The van der Waals surface area contributed by atoms with Crippen LogP contribution in [-0.4, -0.2) is 37.0 Å². The number of aliphatic hydroxyl groups is 1. The first-order chi connectivity index (χ1) is 11.4. The van der Waals surface area contributed by atoms with Crippen molar-refractivity contribution in [1.29, 1.82) is 0 Å². The molecule has 0 aromatic heterocycles. The molecule has 0 aliphatic rings. The maximum Gasteiger partial charge on any atom is 0.127 e. The van der Waals surface area contributed by atoms with Gasteiger partial charge in [-0.3, -0.25) is 0 Å². The summed E-state index contributed by atoms with van der Waals surface area (Å²) in [7, 11) is 3.59. The summed E-state index contributed by atoms with van der Waals surface area (Å²) in [4.78, 5) is 6.52. The lowest BCUT2D eigenvalue weighted by Crippen LogP contribution is -2.23. The summed E-state index contributed by atoms with van der Waals surface area (Å²) in [5, 5.41) is 11.1. The van der Waals surface area contributed by atoms with Crippen LogP contribution in [0.15, 0.2) is 47.5 Å². The van der Waals surface area contributed by atoms with Gasteiger partial charge in [-0.25, -0.2) is 4.99 Å². The Morgan fingerprint density at radius 2 is 1.92 bits per heavy atom. The van der Waals surface area contributed by atoms with Crippen LogP contribution in [0.1, 0.15) is 30.5 Å². The summed E-state index contributed by atoms with van der Waals surface area (Å²) in [6.45, 7) is 6.73. The molecule has 0 fully saturated rings. The SMILES string of the molecule is CCN(C)C=Nc1cc(OC)c(C(C)(O)c2ccccc2)cc1C. The zero-order valence-corrected chi connectivity index (χ0v) is 15.1. The maximum atomic E-state index is 11.1. The maximum absolute atomic E-state index is 11.1. The first-order valence-electron chi connectivity index (χ1n) is 8.11. The number of hydrogen-bond acceptors (Lipinski definition) is 3. The molecule has 4 nitrogen and oxygen atoms in total. The lowest BCUT2D eigenvalue weighted by atomic mass is 9.86. The third kappa shape index (κ3) is 3.77. The van der Waals surface area contributed by atoms with Gasteiger partial charge in [-0.2, -0.15) is 0 Å². The van der Waals surface area contributed by atoms with Crippen molar-refractivity contribution in [2.75, 3.05) is 20.7 Å². The van der Waals surface area contributed by atoms with Crippen molar-refractivity contribution in [1.82, 2.24) is 4.90 Å². The molecule has 24 heavy (non-hydrogen) atoms. The van der Waals surface area contributed by atoms with Gasteiger partial charge in [-0.15, -0.1) is 0 Å². The molecule has 0 amide bonds. The van der Waals surface area contributed by atoms with E-state index in [2.05, 4.69) is 11.9 Å². The topological polar surface area (TPSA) is 45.1 Å². The van der Waals surface area contributed by atoms with Crippen LogP contribution in [-0.2, 0) is 5.60 Å². The minimum atomic E-state index is -1.14. The van der Waals surface area contributed by atoms with E-state index in [1.54, 1.807) is 20.4 Å². The van der Waals surface area contributed by atoms with E-state index in [-0.39, 0.29) is 0 Å². The Balaban J connectivity index is 2.49. The van der Waals surface area contributed by atoms with E-state index in [1.165, 1.54) is 0 Å². The smallest absolute Gasteiger partial charge is 0.127 e. The molecule has 1 N–H and O–H groups in total. The molecule has 1 unspecified atom stereocenters. The largest absolute Gasteiger partial charge is 0.496 e. The van der Waals surface area contributed by atoms with Crippen LogP contribution in [0.25, 0.3) is 0 Å².